The number of carbonyl (C=O) groups excluding carboxylic acids is 1. The number of benzene rings is 2. The Morgan fingerprint density at radius 2 is 1.96 bits per heavy atom. The van der Waals surface area contributed by atoms with Crippen LogP contribution in [0.4, 0.5) is 0 Å². The molecule has 0 bridgehead atoms. The molecule has 2 rings (SSSR count). The molecular weight excluding hydrogens is 366 g/mol. The first-order valence-electron chi connectivity index (χ1n) is 8.89. The average molecular weight is 392 g/mol. The second kappa shape index (κ2) is 10.2. The summed E-state index contributed by atoms with van der Waals surface area (Å²) in [6.07, 6.45) is 0. The van der Waals surface area contributed by atoms with E-state index in [4.69, 9.17) is 25.8 Å². The van der Waals surface area contributed by atoms with Crippen LogP contribution in [0.25, 0.3) is 0 Å². The minimum atomic E-state index is -0.161. The topological polar surface area (TPSA) is 56.8 Å². The van der Waals surface area contributed by atoms with Crippen molar-refractivity contribution in [2.75, 3.05) is 20.3 Å². The van der Waals surface area contributed by atoms with Crippen molar-refractivity contribution in [1.29, 1.82) is 0 Å². The molecule has 0 aliphatic rings. The first kappa shape index (κ1) is 21.1. The zero-order valence-electron chi connectivity index (χ0n) is 16.2. The number of aryl methyl sites for hydroxylation is 1. The SMILES string of the molecule is CCOc1ccc(C(=O)N[C@H](C)COC)cc1COc1ccc(Cl)c(C)c1. The van der Waals surface area contributed by atoms with Gasteiger partial charge in [-0.1, -0.05) is 11.6 Å². The summed E-state index contributed by atoms with van der Waals surface area (Å²) < 4.78 is 16.6. The van der Waals surface area contributed by atoms with Crippen molar-refractivity contribution in [3.8, 4) is 11.5 Å². The molecule has 0 aromatic heterocycles. The lowest BCUT2D eigenvalue weighted by Gasteiger charge is -2.16. The maximum atomic E-state index is 12.4. The van der Waals surface area contributed by atoms with E-state index in [9.17, 15) is 4.79 Å². The Balaban J connectivity index is 2.16. The molecule has 0 saturated carbocycles. The normalized spacial score (nSPS) is 11.7. The lowest BCUT2D eigenvalue weighted by molar-refractivity contribution is 0.0905. The van der Waals surface area contributed by atoms with Crippen LogP contribution in [-0.2, 0) is 11.3 Å². The smallest absolute Gasteiger partial charge is 0.251 e. The number of hydrogen-bond donors (Lipinski definition) is 1. The van der Waals surface area contributed by atoms with Crippen molar-refractivity contribution >= 4 is 17.5 Å². The molecule has 5 nitrogen and oxygen atoms in total. The Morgan fingerprint density at radius 1 is 1.19 bits per heavy atom. The van der Waals surface area contributed by atoms with E-state index in [0.717, 1.165) is 11.1 Å². The summed E-state index contributed by atoms with van der Waals surface area (Å²) in [5.74, 6) is 1.25. The summed E-state index contributed by atoms with van der Waals surface area (Å²) >= 11 is 6.05. The van der Waals surface area contributed by atoms with E-state index in [0.29, 0.717) is 35.3 Å². The van der Waals surface area contributed by atoms with Crippen LogP contribution in [0.3, 0.4) is 0 Å². The van der Waals surface area contributed by atoms with Gasteiger partial charge in [0.15, 0.2) is 0 Å². The van der Waals surface area contributed by atoms with Gasteiger partial charge in [-0.25, -0.2) is 0 Å². The van der Waals surface area contributed by atoms with Crippen LogP contribution in [-0.4, -0.2) is 32.3 Å². The number of nitrogens with one attached hydrogen (secondary N) is 1. The largest absolute Gasteiger partial charge is 0.493 e. The van der Waals surface area contributed by atoms with Crippen LogP contribution >= 0.6 is 11.6 Å². The van der Waals surface area contributed by atoms with Gasteiger partial charge in [0.25, 0.3) is 5.91 Å². The van der Waals surface area contributed by atoms with Crippen LogP contribution in [0, 0.1) is 6.92 Å². The number of amides is 1. The minimum Gasteiger partial charge on any atom is -0.493 e. The summed E-state index contributed by atoms with van der Waals surface area (Å²) in [4.78, 5) is 12.4. The lowest BCUT2D eigenvalue weighted by atomic mass is 10.1. The molecule has 0 spiro atoms. The summed E-state index contributed by atoms with van der Waals surface area (Å²) in [5.41, 5.74) is 2.29. The van der Waals surface area contributed by atoms with Gasteiger partial charge in [0.2, 0.25) is 0 Å². The first-order valence-corrected chi connectivity index (χ1v) is 9.26. The van der Waals surface area contributed by atoms with Crippen LogP contribution < -0.4 is 14.8 Å². The second-order valence-corrected chi connectivity index (χ2v) is 6.69. The number of hydrogen-bond acceptors (Lipinski definition) is 4. The van der Waals surface area contributed by atoms with E-state index in [1.54, 1.807) is 31.4 Å². The Labute approximate surface area is 165 Å². The highest BCUT2D eigenvalue weighted by atomic mass is 35.5. The van der Waals surface area contributed by atoms with Gasteiger partial charge >= 0.3 is 0 Å². The quantitative estimate of drug-likeness (QED) is 0.688. The van der Waals surface area contributed by atoms with Crippen molar-refractivity contribution in [3.63, 3.8) is 0 Å². The fourth-order valence-corrected chi connectivity index (χ4v) is 2.71. The average Bonchev–Trinajstić information content (AvgIpc) is 2.64. The van der Waals surface area contributed by atoms with Gasteiger partial charge in [-0.3, -0.25) is 4.79 Å². The van der Waals surface area contributed by atoms with Gasteiger partial charge in [-0.05, 0) is 62.7 Å². The van der Waals surface area contributed by atoms with Gasteiger partial charge in [0, 0.05) is 29.3 Å². The van der Waals surface area contributed by atoms with Crippen LogP contribution in [0.2, 0.25) is 5.02 Å². The van der Waals surface area contributed by atoms with Crippen molar-refractivity contribution < 1.29 is 19.0 Å². The molecule has 0 aliphatic carbocycles. The Kier molecular flexibility index (Phi) is 7.95. The fraction of sp³-hybridized carbons (Fsp3) is 0.381. The van der Waals surface area contributed by atoms with Crippen LogP contribution in [0.15, 0.2) is 36.4 Å². The zero-order chi connectivity index (χ0) is 19.8. The first-order chi connectivity index (χ1) is 12.9. The monoisotopic (exact) mass is 391 g/mol. The molecule has 1 amide bonds. The third-order valence-electron chi connectivity index (χ3n) is 3.94. The lowest BCUT2D eigenvalue weighted by Crippen LogP contribution is -2.35. The third-order valence-corrected chi connectivity index (χ3v) is 4.36. The number of halogens is 1. The number of rotatable bonds is 9. The molecule has 1 N–H and O–H groups in total. The summed E-state index contributed by atoms with van der Waals surface area (Å²) in [7, 11) is 1.60. The maximum Gasteiger partial charge on any atom is 0.251 e. The standard InChI is InChI=1S/C21H26ClNO4/c1-5-26-20-9-6-16(21(24)23-15(3)12-25-4)11-17(20)13-27-18-7-8-19(22)14(2)10-18/h6-11,15H,5,12-13H2,1-4H3,(H,23,24)/t15-/m1/s1. The van der Waals surface area contributed by atoms with E-state index in [1.807, 2.05) is 32.9 Å². The highest BCUT2D eigenvalue weighted by Gasteiger charge is 2.13. The molecule has 2 aromatic rings. The zero-order valence-corrected chi connectivity index (χ0v) is 16.9. The fourth-order valence-electron chi connectivity index (χ4n) is 2.60. The molecule has 0 fully saturated rings. The van der Waals surface area contributed by atoms with E-state index in [-0.39, 0.29) is 18.6 Å². The summed E-state index contributed by atoms with van der Waals surface area (Å²) in [6.45, 7) is 7.00. The molecule has 27 heavy (non-hydrogen) atoms. The van der Waals surface area contributed by atoms with E-state index in [1.165, 1.54) is 0 Å². The van der Waals surface area contributed by atoms with Crippen LogP contribution in [0.5, 0.6) is 11.5 Å². The summed E-state index contributed by atoms with van der Waals surface area (Å²) in [6, 6.07) is 10.8. The molecule has 0 unspecified atom stereocenters. The molecular formula is C21H26ClNO4. The second-order valence-electron chi connectivity index (χ2n) is 6.29. The Hall–Kier alpha value is -2.24. The predicted octanol–water partition coefficient (Wildman–Crippen LogP) is 4.39. The Morgan fingerprint density at radius 3 is 2.63 bits per heavy atom. The maximum absolute atomic E-state index is 12.4. The molecule has 6 heteroatoms. The third kappa shape index (κ3) is 6.15. The van der Waals surface area contributed by atoms with Crippen molar-refractivity contribution in [1.82, 2.24) is 5.32 Å². The molecule has 0 aliphatic heterocycles. The van der Waals surface area contributed by atoms with Gasteiger partial charge in [0.05, 0.1) is 13.2 Å². The molecule has 0 heterocycles. The van der Waals surface area contributed by atoms with Crippen LogP contribution in [0.1, 0.15) is 35.3 Å². The molecule has 146 valence electrons. The van der Waals surface area contributed by atoms with Crippen molar-refractivity contribution in [3.05, 3.63) is 58.1 Å². The van der Waals surface area contributed by atoms with Gasteiger partial charge in [0.1, 0.15) is 18.1 Å². The van der Waals surface area contributed by atoms with Gasteiger partial charge in [-0.2, -0.15) is 0 Å². The molecule has 2 aromatic carbocycles. The molecule has 0 saturated heterocycles. The predicted molar refractivity (Wildman–Crippen MR) is 107 cm³/mol. The van der Waals surface area contributed by atoms with E-state index < -0.39 is 0 Å². The van der Waals surface area contributed by atoms with Gasteiger partial charge < -0.3 is 19.5 Å². The highest BCUT2D eigenvalue weighted by molar-refractivity contribution is 6.31. The number of carbonyl (C=O) groups is 1. The van der Waals surface area contributed by atoms with E-state index in [2.05, 4.69) is 5.32 Å². The van der Waals surface area contributed by atoms with Crippen molar-refractivity contribution in [2.45, 2.75) is 33.4 Å². The molecule has 0 radical (unpaired) electrons. The molecule has 1 atom stereocenters. The Bertz CT molecular complexity index is 779. The number of ether oxygens (including phenoxy) is 3. The summed E-state index contributed by atoms with van der Waals surface area (Å²) in [5, 5.41) is 3.60. The number of methoxy groups -OCH3 is 1. The van der Waals surface area contributed by atoms with Gasteiger partial charge in [-0.15, -0.1) is 0 Å². The highest BCUT2D eigenvalue weighted by Crippen LogP contribution is 2.25. The minimum absolute atomic E-state index is 0.0780. The van der Waals surface area contributed by atoms with E-state index >= 15 is 0 Å². The van der Waals surface area contributed by atoms with Crippen molar-refractivity contribution in [2.24, 2.45) is 0 Å².